The average molecular weight is 287 g/mol. The van der Waals surface area contributed by atoms with Gasteiger partial charge in [-0.25, -0.2) is 4.98 Å². The van der Waals surface area contributed by atoms with Gasteiger partial charge in [-0.05, 0) is 24.0 Å². The van der Waals surface area contributed by atoms with Crippen molar-refractivity contribution in [1.82, 2.24) is 15.3 Å². The van der Waals surface area contributed by atoms with Crippen LogP contribution in [0.15, 0.2) is 36.8 Å². The van der Waals surface area contributed by atoms with Crippen LogP contribution in [0.2, 0.25) is 0 Å². The average Bonchev–Trinajstić information content (AvgIpc) is 3.04. The molecule has 0 aliphatic heterocycles. The van der Waals surface area contributed by atoms with Gasteiger partial charge in [-0.1, -0.05) is 24.3 Å². The van der Waals surface area contributed by atoms with Crippen molar-refractivity contribution in [3.8, 4) is 11.3 Å². The van der Waals surface area contributed by atoms with E-state index in [1.807, 2.05) is 24.3 Å². The van der Waals surface area contributed by atoms with E-state index in [0.717, 1.165) is 29.7 Å². The second-order valence-corrected chi connectivity index (χ2v) is 4.89. The Hall–Kier alpha value is -2.14. The summed E-state index contributed by atoms with van der Waals surface area (Å²) in [6.07, 6.45) is 5.78. The van der Waals surface area contributed by atoms with E-state index >= 15 is 0 Å². The Labute approximate surface area is 124 Å². The van der Waals surface area contributed by atoms with Crippen LogP contribution in [0.5, 0.6) is 0 Å². The molecule has 0 aliphatic rings. The molecule has 0 spiro atoms. The van der Waals surface area contributed by atoms with E-state index in [0.29, 0.717) is 19.6 Å². The van der Waals surface area contributed by atoms with Crippen LogP contribution in [0.3, 0.4) is 0 Å². The lowest BCUT2D eigenvalue weighted by Gasteiger charge is -2.06. The number of ether oxygens (including phenoxy) is 1. The quantitative estimate of drug-likeness (QED) is 0.733. The van der Waals surface area contributed by atoms with Gasteiger partial charge >= 0.3 is 0 Å². The van der Waals surface area contributed by atoms with Crippen LogP contribution in [0.4, 0.5) is 0 Å². The Bertz CT molecular complexity index is 535. The molecule has 0 radical (unpaired) electrons. The number of aromatic nitrogens is 2. The number of rotatable bonds is 8. The van der Waals surface area contributed by atoms with Gasteiger partial charge < -0.3 is 15.0 Å². The van der Waals surface area contributed by atoms with Crippen molar-refractivity contribution in [2.45, 2.75) is 25.8 Å². The molecule has 2 aromatic rings. The zero-order valence-electron chi connectivity index (χ0n) is 12.3. The van der Waals surface area contributed by atoms with Crippen molar-refractivity contribution < 1.29 is 9.53 Å². The maximum absolute atomic E-state index is 11.7. The molecule has 0 atom stereocenters. The molecule has 0 saturated heterocycles. The van der Waals surface area contributed by atoms with Gasteiger partial charge in [0.1, 0.15) is 0 Å². The molecular weight excluding hydrogens is 266 g/mol. The Kier molecular flexibility index (Phi) is 5.97. The number of carbonyl (C=O) groups excluding carboxylic acids is 1. The number of methoxy groups -OCH3 is 1. The van der Waals surface area contributed by atoms with E-state index in [4.69, 9.17) is 4.74 Å². The molecular formula is C16H21N3O2. The van der Waals surface area contributed by atoms with Gasteiger partial charge in [0.2, 0.25) is 5.91 Å². The summed E-state index contributed by atoms with van der Waals surface area (Å²) in [4.78, 5) is 18.7. The summed E-state index contributed by atoms with van der Waals surface area (Å²) in [5.74, 6) is 0.0868. The second-order valence-electron chi connectivity index (χ2n) is 4.89. The molecule has 2 N–H and O–H groups in total. The number of benzene rings is 1. The molecule has 0 saturated carbocycles. The highest BCUT2D eigenvalue weighted by molar-refractivity contribution is 5.75. The van der Waals surface area contributed by atoms with Gasteiger partial charge in [0.15, 0.2) is 0 Å². The number of hydrogen-bond acceptors (Lipinski definition) is 3. The fourth-order valence-corrected chi connectivity index (χ4v) is 2.04. The third-order valence-corrected chi connectivity index (χ3v) is 3.26. The monoisotopic (exact) mass is 287 g/mol. The fourth-order valence-electron chi connectivity index (χ4n) is 2.04. The van der Waals surface area contributed by atoms with Crippen LogP contribution in [0.1, 0.15) is 24.8 Å². The summed E-state index contributed by atoms with van der Waals surface area (Å²) >= 11 is 0. The number of carbonyl (C=O) groups is 1. The van der Waals surface area contributed by atoms with E-state index in [1.54, 1.807) is 19.6 Å². The third kappa shape index (κ3) is 5.04. The van der Waals surface area contributed by atoms with E-state index in [1.165, 1.54) is 0 Å². The first kappa shape index (κ1) is 15.3. The summed E-state index contributed by atoms with van der Waals surface area (Å²) in [5.41, 5.74) is 3.16. The first-order valence-electron chi connectivity index (χ1n) is 7.13. The van der Waals surface area contributed by atoms with Crippen LogP contribution in [-0.4, -0.2) is 29.6 Å². The molecule has 0 fully saturated rings. The lowest BCUT2D eigenvalue weighted by atomic mass is 10.1. The fraction of sp³-hybridized carbons (Fsp3) is 0.375. The highest BCUT2D eigenvalue weighted by Crippen LogP contribution is 2.16. The van der Waals surface area contributed by atoms with Crippen LogP contribution >= 0.6 is 0 Å². The highest BCUT2D eigenvalue weighted by atomic mass is 16.5. The maximum Gasteiger partial charge on any atom is 0.220 e. The van der Waals surface area contributed by atoms with Crippen molar-refractivity contribution >= 4 is 5.91 Å². The van der Waals surface area contributed by atoms with Crippen LogP contribution in [-0.2, 0) is 16.1 Å². The third-order valence-electron chi connectivity index (χ3n) is 3.26. The number of H-pyrrole nitrogens is 1. The van der Waals surface area contributed by atoms with Crippen LogP contribution < -0.4 is 5.32 Å². The van der Waals surface area contributed by atoms with Crippen molar-refractivity contribution in [2.75, 3.05) is 13.7 Å². The van der Waals surface area contributed by atoms with Gasteiger partial charge in [0.05, 0.1) is 18.2 Å². The van der Waals surface area contributed by atoms with Gasteiger partial charge in [-0.15, -0.1) is 0 Å². The second kappa shape index (κ2) is 8.21. The van der Waals surface area contributed by atoms with Crippen molar-refractivity contribution in [3.05, 3.63) is 42.4 Å². The van der Waals surface area contributed by atoms with E-state index in [2.05, 4.69) is 15.3 Å². The van der Waals surface area contributed by atoms with Crippen molar-refractivity contribution in [2.24, 2.45) is 0 Å². The number of hydrogen-bond donors (Lipinski definition) is 2. The summed E-state index contributed by atoms with van der Waals surface area (Å²) in [5, 5.41) is 2.93. The Balaban J connectivity index is 1.75. The minimum absolute atomic E-state index is 0.0868. The maximum atomic E-state index is 11.7. The molecule has 0 aliphatic carbocycles. The number of nitrogens with zero attached hydrogens (tertiary/aromatic N) is 1. The lowest BCUT2D eigenvalue weighted by molar-refractivity contribution is -0.121. The van der Waals surface area contributed by atoms with Crippen molar-refractivity contribution in [3.63, 3.8) is 0 Å². The number of imidazole rings is 1. The summed E-state index contributed by atoms with van der Waals surface area (Å²) in [6.45, 7) is 1.27. The predicted molar refractivity (Wildman–Crippen MR) is 81.6 cm³/mol. The molecule has 1 heterocycles. The van der Waals surface area contributed by atoms with Gasteiger partial charge in [0, 0.05) is 26.7 Å². The van der Waals surface area contributed by atoms with E-state index < -0.39 is 0 Å². The minimum atomic E-state index is 0.0868. The highest BCUT2D eigenvalue weighted by Gasteiger charge is 2.02. The molecule has 112 valence electrons. The Morgan fingerprint density at radius 2 is 2.10 bits per heavy atom. The standard InChI is InChI=1S/C16H21N3O2/c1-21-9-3-2-4-16(20)18-10-13-5-7-14(8-6-13)15-11-17-12-19-15/h5-8,11-12H,2-4,9-10H2,1H3,(H,17,19)(H,18,20). The molecule has 5 nitrogen and oxygen atoms in total. The van der Waals surface area contributed by atoms with Gasteiger partial charge in [0.25, 0.3) is 0 Å². The lowest BCUT2D eigenvalue weighted by Crippen LogP contribution is -2.22. The summed E-state index contributed by atoms with van der Waals surface area (Å²) in [6, 6.07) is 8.07. The molecule has 1 aromatic carbocycles. The molecule has 0 bridgehead atoms. The molecule has 1 amide bonds. The molecule has 5 heteroatoms. The predicted octanol–water partition coefficient (Wildman–Crippen LogP) is 2.51. The van der Waals surface area contributed by atoms with Gasteiger partial charge in [-0.3, -0.25) is 4.79 Å². The Morgan fingerprint density at radius 1 is 1.29 bits per heavy atom. The number of aromatic amines is 1. The largest absolute Gasteiger partial charge is 0.385 e. The minimum Gasteiger partial charge on any atom is -0.385 e. The molecule has 0 unspecified atom stereocenters. The number of nitrogens with one attached hydrogen (secondary N) is 2. The first-order valence-corrected chi connectivity index (χ1v) is 7.13. The molecule has 21 heavy (non-hydrogen) atoms. The molecule has 2 rings (SSSR count). The van der Waals surface area contributed by atoms with E-state index in [9.17, 15) is 4.79 Å². The zero-order valence-corrected chi connectivity index (χ0v) is 12.3. The SMILES string of the molecule is COCCCCC(=O)NCc1ccc(-c2cnc[nH]2)cc1. The Morgan fingerprint density at radius 3 is 2.76 bits per heavy atom. The first-order chi connectivity index (χ1) is 10.3. The smallest absolute Gasteiger partial charge is 0.220 e. The van der Waals surface area contributed by atoms with Gasteiger partial charge in [-0.2, -0.15) is 0 Å². The van der Waals surface area contributed by atoms with E-state index in [-0.39, 0.29) is 5.91 Å². The topological polar surface area (TPSA) is 67.0 Å². The van der Waals surface area contributed by atoms with Crippen LogP contribution in [0, 0.1) is 0 Å². The number of unbranched alkanes of at least 4 members (excludes halogenated alkanes) is 1. The zero-order chi connectivity index (χ0) is 14.9. The number of amides is 1. The normalized spacial score (nSPS) is 10.5. The molecule has 1 aromatic heterocycles. The summed E-state index contributed by atoms with van der Waals surface area (Å²) < 4.78 is 4.96. The summed E-state index contributed by atoms with van der Waals surface area (Å²) in [7, 11) is 1.67. The van der Waals surface area contributed by atoms with Crippen LogP contribution in [0.25, 0.3) is 11.3 Å². The van der Waals surface area contributed by atoms with Crippen molar-refractivity contribution in [1.29, 1.82) is 0 Å².